The number of rotatable bonds is 5. The Kier molecular flexibility index (Phi) is 4.83. The molecule has 9 nitrogen and oxygen atoms in total. The highest BCUT2D eigenvalue weighted by Gasteiger charge is 2.43. The number of hydrogen-bond acceptors (Lipinski definition) is 6. The van der Waals surface area contributed by atoms with E-state index in [1.807, 2.05) is 25.1 Å². The highest BCUT2D eigenvalue weighted by atomic mass is 16.5. The Morgan fingerprint density at radius 3 is 2.69 bits per heavy atom. The maximum absolute atomic E-state index is 12.6. The van der Waals surface area contributed by atoms with Gasteiger partial charge in [0.15, 0.2) is 11.4 Å². The summed E-state index contributed by atoms with van der Waals surface area (Å²) in [6, 6.07) is 5.52. The summed E-state index contributed by atoms with van der Waals surface area (Å²) in [5, 5.41) is 21.1. The number of aromatic nitrogens is 4. The first-order valence-electron chi connectivity index (χ1n) is 9.52. The molecule has 0 radical (unpaired) electrons. The molecule has 0 bridgehead atoms. The smallest absolute Gasteiger partial charge is 0.335 e. The van der Waals surface area contributed by atoms with Crippen LogP contribution in [0.4, 0.5) is 11.6 Å². The third-order valence-corrected chi connectivity index (χ3v) is 5.70. The summed E-state index contributed by atoms with van der Waals surface area (Å²) in [6.07, 6.45) is 3.49. The quantitative estimate of drug-likeness (QED) is 0.520. The van der Waals surface area contributed by atoms with Gasteiger partial charge in [0, 0.05) is 31.0 Å². The number of carboxylic acids is 1. The SMILES string of the molecule is COC1(C(=O)O)CCC(c2nc(Nc3cc(C)[nH]n3)cc3cc[nH]c(=O)c23)CC1. The summed E-state index contributed by atoms with van der Waals surface area (Å²) in [4.78, 5) is 31.7. The highest BCUT2D eigenvalue weighted by Crippen LogP contribution is 2.41. The molecule has 3 aromatic rings. The minimum Gasteiger partial charge on any atom is -0.479 e. The van der Waals surface area contributed by atoms with Crippen molar-refractivity contribution in [3.8, 4) is 0 Å². The van der Waals surface area contributed by atoms with Gasteiger partial charge < -0.3 is 20.1 Å². The number of aromatic amines is 2. The van der Waals surface area contributed by atoms with Crippen LogP contribution in [0, 0.1) is 6.92 Å². The second kappa shape index (κ2) is 7.32. The average Bonchev–Trinajstić information content (AvgIpc) is 3.12. The molecule has 0 atom stereocenters. The van der Waals surface area contributed by atoms with E-state index in [1.165, 1.54) is 7.11 Å². The lowest BCUT2D eigenvalue weighted by atomic mass is 9.76. The Labute approximate surface area is 166 Å². The predicted molar refractivity (Wildman–Crippen MR) is 108 cm³/mol. The molecule has 0 spiro atoms. The van der Waals surface area contributed by atoms with Gasteiger partial charge >= 0.3 is 5.97 Å². The summed E-state index contributed by atoms with van der Waals surface area (Å²) in [5.74, 6) is 0.245. The maximum atomic E-state index is 12.6. The summed E-state index contributed by atoms with van der Waals surface area (Å²) < 4.78 is 5.33. The second-order valence-electron chi connectivity index (χ2n) is 7.50. The lowest BCUT2D eigenvalue weighted by Crippen LogP contribution is -2.43. The van der Waals surface area contributed by atoms with Crippen molar-refractivity contribution in [3.63, 3.8) is 0 Å². The van der Waals surface area contributed by atoms with Gasteiger partial charge in [-0.15, -0.1) is 0 Å². The molecule has 9 heteroatoms. The monoisotopic (exact) mass is 397 g/mol. The normalized spacial score (nSPS) is 21.9. The maximum Gasteiger partial charge on any atom is 0.335 e. The van der Waals surface area contributed by atoms with Gasteiger partial charge in [-0.25, -0.2) is 9.78 Å². The molecule has 3 heterocycles. The molecule has 1 aliphatic rings. The Bertz CT molecular complexity index is 1110. The van der Waals surface area contributed by atoms with Gasteiger partial charge in [-0.3, -0.25) is 9.89 Å². The molecule has 0 saturated heterocycles. The van der Waals surface area contributed by atoms with Crippen LogP contribution in [0.3, 0.4) is 0 Å². The van der Waals surface area contributed by atoms with Gasteiger partial charge in [0.05, 0.1) is 11.1 Å². The van der Waals surface area contributed by atoms with E-state index in [9.17, 15) is 14.7 Å². The van der Waals surface area contributed by atoms with E-state index in [4.69, 9.17) is 9.72 Å². The summed E-state index contributed by atoms with van der Waals surface area (Å²) in [5.41, 5.74) is 0.228. The summed E-state index contributed by atoms with van der Waals surface area (Å²) in [6.45, 7) is 1.91. The number of pyridine rings is 2. The first-order valence-corrected chi connectivity index (χ1v) is 9.52. The molecule has 0 aliphatic heterocycles. The number of ether oxygens (including phenoxy) is 1. The largest absolute Gasteiger partial charge is 0.479 e. The van der Waals surface area contributed by atoms with E-state index in [-0.39, 0.29) is 11.5 Å². The number of H-pyrrole nitrogens is 2. The summed E-state index contributed by atoms with van der Waals surface area (Å²) in [7, 11) is 1.43. The van der Waals surface area contributed by atoms with Crippen molar-refractivity contribution in [2.45, 2.75) is 44.1 Å². The van der Waals surface area contributed by atoms with Crippen molar-refractivity contribution < 1.29 is 14.6 Å². The number of hydrogen-bond donors (Lipinski definition) is 4. The third kappa shape index (κ3) is 3.49. The van der Waals surface area contributed by atoms with Crippen molar-refractivity contribution in [1.29, 1.82) is 0 Å². The third-order valence-electron chi connectivity index (χ3n) is 5.70. The zero-order chi connectivity index (χ0) is 20.6. The van der Waals surface area contributed by atoms with E-state index in [0.29, 0.717) is 48.4 Å². The highest BCUT2D eigenvalue weighted by molar-refractivity contribution is 5.87. The zero-order valence-electron chi connectivity index (χ0n) is 16.3. The topological polar surface area (TPSA) is 133 Å². The number of nitrogens with zero attached hydrogens (tertiary/aromatic N) is 2. The molecule has 0 unspecified atom stereocenters. The van der Waals surface area contributed by atoms with Crippen LogP contribution in [0.15, 0.2) is 29.2 Å². The predicted octanol–water partition coefficient (Wildman–Crippen LogP) is 2.83. The molecule has 152 valence electrons. The van der Waals surface area contributed by atoms with Gasteiger partial charge in [0.1, 0.15) is 5.82 Å². The van der Waals surface area contributed by atoms with Crippen LogP contribution >= 0.6 is 0 Å². The standard InChI is InChI=1S/C20H23N5O4/c1-11-9-15(25-24-11)22-14-10-13-5-8-21-18(26)16(13)17(23-14)12-3-6-20(29-2,7-4-12)19(27)28/h5,8-10,12H,3-4,6-7H2,1-2H3,(H,21,26)(H,27,28)(H2,22,23,24,25). The number of aryl methyl sites for hydroxylation is 1. The van der Waals surface area contributed by atoms with Crippen LogP contribution in [0.25, 0.3) is 10.8 Å². The lowest BCUT2D eigenvalue weighted by Gasteiger charge is -2.35. The molecule has 1 fully saturated rings. The number of methoxy groups -OCH3 is 1. The van der Waals surface area contributed by atoms with Crippen LogP contribution in [-0.4, -0.2) is 44.0 Å². The van der Waals surface area contributed by atoms with E-state index >= 15 is 0 Å². The Morgan fingerprint density at radius 1 is 1.31 bits per heavy atom. The number of carbonyl (C=O) groups is 1. The van der Waals surface area contributed by atoms with Crippen LogP contribution in [0.5, 0.6) is 0 Å². The number of carboxylic acid groups (broad SMARTS) is 1. The fourth-order valence-corrected chi connectivity index (χ4v) is 4.08. The van der Waals surface area contributed by atoms with Gasteiger partial charge in [-0.2, -0.15) is 5.10 Å². The zero-order valence-corrected chi connectivity index (χ0v) is 16.3. The molecule has 4 rings (SSSR count). The Morgan fingerprint density at radius 2 is 2.07 bits per heavy atom. The van der Waals surface area contributed by atoms with Crippen LogP contribution < -0.4 is 10.9 Å². The molecular weight excluding hydrogens is 374 g/mol. The van der Waals surface area contributed by atoms with Gasteiger partial charge in [-0.1, -0.05) is 0 Å². The molecule has 29 heavy (non-hydrogen) atoms. The molecule has 0 amide bonds. The van der Waals surface area contributed by atoms with E-state index in [2.05, 4.69) is 20.5 Å². The van der Waals surface area contributed by atoms with E-state index in [1.54, 1.807) is 6.20 Å². The fourth-order valence-electron chi connectivity index (χ4n) is 4.08. The summed E-state index contributed by atoms with van der Waals surface area (Å²) >= 11 is 0. The van der Waals surface area contributed by atoms with Crippen molar-refractivity contribution in [3.05, 3.63) is 46.1 Å². The minimum absolute atomic E-state index is 0.0358. The average molecular weight is 397 g/mol. The Balaban J connectivity index is 1.73. The van der Waals surface area contributed by atoms with Crippen molar-refractivity contribution in [2.75, 3.05) is 12.4 Å². The fraction of sp³-hybridized carbons (Fsp3) is 0.400. The molecule has 4 N–H and O–H groups in total. The van der Waals surface area contributed by atoms with Crippen molar-refractivity contribution in [2.24, 2.45) is 0 Å². The number of aliphatic carboxylic acids is 1. The molecule has 0 aromatic carbocycles. The van der Waals surface area contributed by atoms with Crippen LogP contribution in [0.2, 0.25) is 0 Å². The number of nitrogens with one attached hydrogen (secondary N) is 3. The Hall–Kier alpha value is -3.20. The molecular formula is C20H23N5O4. The lowest BCUT2D eigenvalue weighted by molar-refractivity contribution is -0.166. The second-order valence-corrected chi connectivity index (χ2v) is 7.50. The van der Waals surface area contributed by atoms with Gasteiger partial charge in [0.25, 0.3) is 5.56 Å². The van der Waals surface area contributed by atoms with E-state index in [0.717, 1.165) is 11.1 Å². The number of anilines is 2. The first kappa shape index (κ1) is 19.1. The molecule has 3 aromatic heterocycles. The van der Waals surface area contributed by atoms with Crippen LogP contribution in [-0.2, 0) is 9.53 Å². The van der Waals surface area contributed by atoms with E-state index < -0.39 is 11.6 Å². The molecule has 1 aliphatic carbocycles. The number of fused-ring (bicyclic) bond motifs is 1. The van der Waals surface area contributed by atoms with Gasteiger partial charge in [0.2, 0.25) is 0 Å². The minimum atomic E-state index is -1.17. The van der Waals surface area contributed by atoms with Crippen molar-refractivity contribution >= 4 is 28.4 Å². The van der Waals surface area contributed by atoms with Gasteiger partial charge in [-0.05, 0) is 50.1 Å². The van der Waals surface area contributed by atoms with Crippen molar-refractivity contribution in [1.82, 2.24) is 20.2 Å². The van der Waals surface area contributed by atoms with Crippen LogP contribution in [0.1, 0.15) is 43.0 Å². The molecule has 1 saturated carbocycles. The first-order chi connectivity index (χ1) is 13.9.